The van der Waals surface area contributed by atoms with E-state index in [-0.39, 0.29) is 17.9 Å². The summed E-state index contributed by atoms with van der Waals surface area (Å²) in [7, 11) is 1.75. The Morgan fingerprint density at radius 1 is 1.46 bits per heavy atom. The van der Waals surface area contributed by atoms with E-state index in [2.05, 4.69) is 0 Å². The maximum absolute atomic E-state index is 11.6. The first-order valence-corrected chi connectivity index (χ1v) is 4.72. The summed E-state index contributed by atoms with van der Waals surface area (Å²) in [6.45, 7) is 0.822. The van der Waals surface area contributed by atoms with Gasteiger partial charge in [-0.3, -0.25) is 4.79 Å². The Morgan fingerprint density at radius 2 is 2.15 bits per heavy atom. The second kappa shape index (κ2) is 3.27. The molecule has 1 saturated carbocycles. The highest BCUT2D eigenvalue weighted by atomic mass is 16.5. The van der Waals surface area contributed by atoms with Gasteiger partial charge in [0.2, 0.25) is 5.91 Å². The lowest BCUT2D eigenvalue weighted by Crippen LogP contribution is -2.44. The molecule has 1 N–H and O–H groups in total. The molecular weight excluding hydrogens is 170 g/mol. The summed E-state index contributed by atoms with van der Waals surface area (Å²) < 4.78 is 5.10. The summed E-state index contributed by atoms with van der Waals surface area (Å²) in [5, 5.41) is 9.49. The normalized spacial score (nSPS) is 33.4. The fourth-order valence-corrected chi connectivity index (χ4v) is 1.68. The van der Waals surface area contributed by atoms with E-state index in [1.54, 1.807) is 11.9 Å². The Morgan fingerprint density at radius 3 is 2.62 bits per heavy atom. The average Bonchev–Trinajstić information content (AvgIpc) is 2.87. The van der Waals surface area contributed by atoms with E-state index in [9.17, 15) is 9.90 Å². The number of hydrogen-bond donors (Lipinski definition) is 1. The smallest absolute Gasteiger partial charge is 0.225 e. The molecule has 4 nitrogen and oxygen atoms in total. The van der Waals surface area contributed by atoms with Crippen LogP contribution in [0, 0.1) is 5.92 Å². The molecule has 2 rings (SSSR count). The van der Waals surface area contributed by atoms with Crippen molar-refractivity contribution in [1.29, 1.82) is 0 Å². The third kappa shape index (κ3) is 1.69. The number of nitrogens with zero attached hydrogens (tertiary/aromatic N) is 1. The molecule has 0 bridgehead atoms. The van der Waals surface area contributed by atoms with Crippen LogP contribution in [0.2, 0.25) is 0 Å². The summed E-state index contributed by atoms with van der Waals surface area (Å²) in [6, 6.07) is -0.131. The molecule has 1 aliphatic heterocycles. The van der Waals surface area contributed by atoms with Crippen LogP contribution in [-0.4, -0.2) is 48.3 Å². The molecule has 74 valence electrons. The molecule has 0 aromatic heterocycles. The van der Waals surface area contributed by atoms with Gasteiger partial charge in [0.15, 0.2) is 0 Å². The van der Waals surface area contributed by atoms with E-state index in [0.717, 1.165) is 12.8 Å². The monoisotopic (exact) mass is 185 g/mol. The number of likely N-dealkylation sites (N-methyl/N-ethyl adjacent to an activating group) is 1. The quantitative estimate of drug-likeness (QED) is 0.637. The predicted octanol–water partition coefficient (Wildman–Crippen LogP) is -0.386. The van der Waals surface area contributed by atoms with Crippen LogP contribution in [0.3, 0.4) is 0 Å². The minimum atomic E-state index is -0.507. The fraction of sp³-hybridized carbons (Fsp3) is 0.889. The number of aliphatic hydroxyl groups is 1. The summed E-state index contributed by atoms with van der Waals surface area (Å²) in [4.78, 5) is 13.2. The molecular formula is C9H15NO3. The third-order valence-corrected chi connectivity index (χ3v) is 2.79. The molecule has 1 saturated heterocycles. The zero-order valence-electron chi connectivity index (χ0n) is 7.77. The number of rotatable bonds is 2. The van der Waals surface area contributed by atoms with Crippen molar-refractivity contribution < 1.29 is 14.6 Å². The van der Waals surface area contributed by atoms with Gasteiger partial charge in [-0.1, -0.05) is 0 Å². The molecule has 1 heterocycles. The first-order chi connectivity index (χ1) is 6.20. The van der Waals surface area contributed by atoms with Gasteiger partial charge in [0.05, 0.1) is 25.4 Å². The van der Waals surface area contributed by atoms with Gasteiger partial charge < -0.3 is 14.7 Å². The first-order valence-electron chi connectivity index (χ1n) is 4.72. The molecule has 0 radical (unpaired) electrons. The maximum atomic E-state index is 11.6. The molecule has 4 heteroatoms. The van der Waals surface area contributed by atoms with Gasteiger partial charge in [-0.2, -0.15) is 0 Å². The fourth-order valence-electron chi connectivity index (χ4n) is 1.68. The SMILES string of the molecule is CN(C(=O)C1CC1)[C@@H]1COC[C@H]1O. The van der Waals surface area contributed by atoms with Crippen molar-refractivity contribution in [2.24, 2.45) is 5.92 Å². The highest BCUT2D eigenvalue weighted by molar-refractivity contribution is 5.81. The third-order valence-electron chi connectivity index (χ3n) is 2.79. The van der Waals surface area contributed by atoms with E-state index in [1.807, 2.05) is 0 Å². The van der Waals surface area contributed by atoms with Crippen LogP contribution in [-0.2, 0) is 9.53 Å². The predicted molar refractivity (Wildman–Crippen MR) is 46.1 cm³/mol. The van der Waals surface area contributed by atoms with Crippen LogP contribution in [0.4, 0.5) is 0 Å². The Labute approximate surface area is 77.5 Å². The lowest BCUT2D eigenvalue weighted by Gasteiger charge is -2.25. The summed E-state index contributed by atoms with van der Waals surface area (Å²) in [5.41, 5.74) is 0. The van der Waals surface area contributed by atoms with E-state index in [1.165, 1.54) is 0 Å². The van der Waals surface area contributed by atoms with Gasteiger partial charge in [0, 0.05) is 13.0 Å². The van der Waals surface area contributed by atoms with Crippen LogP contribution < -0.4 is 0 Å². The number of carbonyl (C=O) groups excluding carboxylic acids is 1. The van der Waals surface area contributed by atoms with Crippen molar-refractivity contribution in [2.45, 2.75) is 25.0 Å². The van der Waals surface area contributed by atoms with E-state index < -0.39 is 6.10 Å². The van der Waals surface area contributed by atoms with Gasteiger partial charge in [0.25, 0.3) is 0 Å². The van der Waals surface area contributed by atoms with Crippen molar-refractivity contribution >= 4 is 5.91 Å². The summed E-state index contributed by atoms with van der Waals surface area (Å²) in [5.74, 6) is 0.382. The van der Waals surface area contributed by atoms with Gasteiger partial charge >= 0.3 is 0 Å². The van der Waals surface area contributed by atoms with E-state index >= 15 is 0 Å². The number of ether oxygens (including phenoxy) is 1. The molecule has 2 aliphatic rings. The Kier molecular flexibility index (Phi) is 2.26. The molecule has 2 fully saturated rings. The van der Waals surface area contributed by atoms with Crippen molar-refractivity contribution in [2.75, 3.05) is 20.3 Å². The Bertz CT molecular complexity index is 215. The van der Waals surface area contributed by atoms with Crippen molar-refractivity contribution in [3.63, 3.8) is 0 Å². The van der Waals surface area contributed by atoms with Gasteiger partial charge in [-0.25, -0.2) is 0 Å². The van der Waals surface area contributed by atoms with Crippen molar-refractivity contribution in [1.82, 2.24) is 4.90 Å². The highest BCUT2D eigenvalue weighted by Crippen LogP contribution is 2.31. The second-order valence-electron chi connectivity index (χ2n) is 3.90. The van der Waals surface area contributed by atoms with Gasteiger partial charge in [-0.05, 0) is 12.8 Å². The summed E-state index contributed by atoms with van der Waals surface area (Å²) >= 11 is 0. The molecule has 1 amide bonds. The molecule has 0 aromatic rings. The molecule has 0 aromatic carbocycles. The average molecular weight is 185 g/mol. The molecule has 1 aliphatic carbocycles. The van der Waals surface area contributed by atoms with Crippen LogP contribution in [0.15, 0.2) is 0 Å². The largest absolute Gasteiger partial charge is 0.388 e. The second-order valence-corrected chi connectivity index (χ2v) is 3.90. The topological polar surface area (TPSA) is 49.8 Å². The summed E-state index contributed by atoms with van der Waals surface area (Å²) in [6.07, 6.45) is 1.51. The number of hydrogen-bond acceptors (Lipinski definition) is 3. The van der Waals surface area contributed by atoms with Crippen LogP contribution >= 0.6 is 0 Å². The lowest BCUT2D eigenvalue weighted by molar-refractivity contribution is -0.134. The van der Waals surface area contributed by atoms with Crippen molar-refractivity contribution in [3.05, 3.63) is 0 Å². The van der Waals surface area contributed by atoms with Crippen LogP contribution in [0.1, 0.15) is 12.8 Å². The molecule has 0 spiro atoms. The van der Waals surface area contributed by atoms with Crippen LogP contribution in [0.25, 0.3) is 0 Å². The Hall–Kier alpha value is -0.610. The standard InChI is InChI=1S/C9H15NO3/c1-10(9(12)6-2-3-6)7-4-13-5-8(7)11/h6-8,11H,2-5H2,1H3/t7-,8-/m1/s1. The maximum Gasteiger partial charge on any atom is 0.225 e. The minimum absolute atomic E-state index is 0.131. The zero-order valence-corrected chi connectivity index (χ0v) is 7.77. The number of amides is 1. The van der Waals surface area contributed by atoms with Crippen LogP contribution in [0.5, 0.6) is 0 Å². The Balaban J connectivity index is 1.94. The molecule has 0 unspecified atom stereocenters. The first kappa shape index (κ1) is 8.97. The van der Waals surface area contributed by atoms with Gasteiger partial charge in [-0.15, -0.1) is 0 Å². The van der Waals surface area contributed by atoms with E-state index in [4.69, 9.17) is 4.74 Å². The highest BCUT2D eigenvalue weighted by Gasteiger charge is 2.38. The zero-order chi connectivity index (χ0) is 9.42. The molecule has 13 heavy (non-hydrogen) atoms. The lowest BCUT2D eigenvalue weighted by atomic mass is 10.2. The number of aliphatic hydroxyl groups excluding tert-OH is 1. The van der Waals surface area contributed by atoms with Gasteiger partial charge in [0.1, 0.15) is 0 Å². The van der Waals surface area contributed by atoms with Crippen molar-refractivity contribution in [3.8, 4) is 0 Å². The van der Waals surface area contributed by atoms with E-state index in [0.29, 0.717) is 13.2 Å². The minimum Gasteiger partial charge on any atom is -0.388 e. The molecule has 2 atom stereocenters. The number of carbonyl (C=O) groups is 1.